The fourth-order valence-corrected chi connectivity index (χ4v) is 3.78. The first-order valence-electron chi connectivity index (χ1n) is 8.18. The van der Waals surface area contributed by atoms with Gasteiger partial charge in [0.2, 0.25) is 17.7 Å². The summed E-state index contributed by atoms with van der Waals surface area (Å²) in [6, 6.07) is 7.43. The van der Waals surface area contributed by atoms with Crippen LogP contribution in [0.3, 0.4) is 0 Å². The zero-order valence-corrected chi connectivity index (χ0v) is 14.6. The van der Waals surface area contributed by atoms with Crippen LogP contribution in [-0.4, -0.2) is 47.3 Å². The second kappa shape index (κ2) is 6.28. The van der Waals surface area contributed by atoms with Crippen molar-refractivity contribution in [3.8, 4) is 0 Å². The van der Waals surface area contributed by atoms with Crippen molar-refractivity contribution in [2.75, 3.05) is 26.3 Å². The smallest absolute Gasteiger partial charge is 0.246 e. The molecule has 0 saturated carbocycles. The summed E-state index contributed by atoms with van der Waals surface area (Å²) < 4.78 is 11.3. The van der Waals surface area contributed by atoms with Crippen molar-refractivity contribution in [3.63, 3.8) is 0 Å². The van der Waals surface area contributed by atoms with Crippen molar-refractivity contribution in [3.05, 3.63) is 52.7 Å². The van der Waals surface area contributed by atoms with E-state index in [4.69, 9.17) is 20.8 Å². The van der Waals surface area contributed by atoms with Crippen LogP contribution in [-0.2, 0) is 14.9 Å². The summed E-state index contributed by atoms with van der Waals surface area (Å²) in [5.41, 5.74) is 0.428. The highest BCUT2D eigenvalue weighted by Gasteiger charge is 2.56. The summed E-state index contributed by atoms with van der Waals surface area (Å²) in [5.74, 6) is 1.21. The Balaban J connectivity index is 1.53. The van der Waals surface area contributed by atoms with Crippen molar-refractivity contribution in [1.82, 2.24) is 15.1 Å². The van der Waals surface area contributed by atoms with Crippen LogP contribution in [0.5, 0.6) is 0 Å². The van der Waals surface area contributed by atoms with E-state index in [2.05, 4.69) is 10.2 Å². The number of halogens is 1. The maximum Gasteiger partial charge on any atom is 0.246 e. The topological polar surface area (TPSA) is 68.5 Å². The lowest BCUT2D eigenvalue weighted by atomic mass is 9.81. The molecule has 3 heterocycles. The molecule has 4 rings (SSSR count). The second-order valence-corrected chi connectivity index (χ2v) is 6.98. The second-order valence-electron chi connectivity index (χ2n) is 6.57. The first-order valence-corrected chi connectivity index (χ1v) is 8.56. The summed E-state index contributed by atoms with van der Waals surface area (Å²) >= 11 is 6.13. The molecule has 0 unspecified atom stereocenters. The molecule has 0 spiro atoms. The Morgan fingerprint density at radius 2 is 2.24 bits per heavy atom. The van der Waals surface area contributed by atoms with Gasteiger partial charge in [-0.05, 0) is 17.7 Å². The van der Waals surface area contributed by atoms with Gasteiger partial charge in [0, 0.05) is 37.0 Å². The van der Waals surface area contributed by atoms with E-state index in [0.29, 0.717) is 43.1 Å². The van der Waals surface area contributed by atoms with Crippen molar-refractivity contribution < 1.29 is 13.9 Å². The molecule has 25 heavy (non-hydrogen) atoms. The molecule has 0 N–H and O–H groups in total. The van der Waals surface area contributed by atoms with Gasteiger partial charge >= 0.3 is 0 Å². The van der Waals surface area contributed by atoms with E-state index in [1.54, 1.807) is 25.1 Å². The number of aryl methyl sites for hydroxylation is 1. The van der Waals surface area contributed by atoms with Crippen molar-refractivity contribution >= 4 is 23.6 Å². The number of fused-ring (bicyclic) bond motifs is 1. The van der Waals surface area contributed by atoms with E-state index >= 15 is 0 Å². The van der Waals surface area contributed by atoms with Crippen molar-refractivity contribution in [1.29, 1.82) is 0 Å². The average molecular weight is 360 g/mol. The number of hydrogen-bond acceptors (Lipinski definition) is 5. The summed E-state index contributed by atoms with van der Waals surface area (Å²) in [7, 11) is 0. The minimum atomic E-state index is -0.394. The Hall–Kier alpha value is -2.18. The summed E-state index contributed by atoms with van der Waals surface area (Å²) in [6.07, 6.45) is 3.31. The van der Waals surface area contributed by atoms with E-state index in [1.165, 1.54) is 0 Å². The maximum atomic E-state index is 12.6. The molecule has 0 radical (unpaired) electrons. The van der Waals surface area contributed by atoms with Gasteiger partial charge in [-0.2, -0.15) is 0 Å². The Kier molecular flexibility index (Phi) is 4.09. The van der Waals surface area contributed by atoms with Crippen molar-refractivity contribution in [2.24, 2.45) is 5.92 Å². The van der Waals surface area contributed by atoms with Crippen LogP contribution in [0, 0.1) is 12.8 Å². The van der Waals surface area contributed by atoms with Gasteiger partial charge in [0.05, 0.1) is 18.6 Å². The van der Waals surface area contributed by atoms with E-state index < -0.39 is 5.41 Å². The molecule has 0 bridgehead atoms. The largest absolute Gasteiger partial charge is 0.425 e. The summed E-state index contributed by atoms with van der Waals surface area (Å²) in [4.78, 5) is 14.4. The molecule has 2 aliphatic heterocycles. The van der Waals surface area contributed by atoms with Gasteiger partial charge in [0.25, 0.3) is 0 Å². The molecule has 2 aromatic rings. The number of carbonyl (C=O) groups is 1. The Morgan fingerprint density at radius 3 is 3.00 bits per heavy atom. The molecular formula is C18H18ClN3O3. The normalized spacial score (nSPS) is 25.7. The molecule has 1 aromatic carbocycles. The standard InChI is InChI=1S/C18H18ClN3O3/c1-12-20-21-17(25-12)18-10-22(8-14(18)9-24-11-18)16(23)7-6-13-4-2-3-5-15(13)19/h2-7,14H,8-11H2,1H3/b7-6+/t14-,18-/m0/s1. The number of amides is 1. The third kappa shape index (κ3) is 2.85. The van der Waals surface area contributed by atoms with E-state index in [-0.39, 0.29) is 11.8 Å². The van der Waals surface area contributed by atoms with Crippen LogP contribution in [0.2, 0.25) is 5.02 Å². The molecule has 7 heteroatoms. The minimum absolute atomic E-state index is 0.0510. The van der Waals surface area contributed by atoms with Gasteiger partial charge in [-0.15, -0.1) is 10.2 Å². The van der Waals surface area contributed by atoms with Gasteiger partial charge in [-0.25, -0.2) is 0 Å². The predicted molar refractivity (Wildman–Crippen MR) is 92.1 cm³/mol. The number of nitrogens with zero attached hydrogens (tertiary/aromatic N) is 3. The fraction of sp³-hybridized carbons (Fsp3) is 0.389. The van der Waals surface area contributed by atoms with Gasteiger partial charge in [0.1, 0.15) is 0 Å². The summed E-state index contributed by atoms with van der Waals surface area (Å²) in [5, 5.41) is 8.75. The zero-order chi connectivity index (χ0) is 17.4. The molecule has 2 fully saturated rings. The number of hydrogen-bond donors (Lipinski definition) is 0. The van der Waals surface area contributed by atoms with E-state index in [9.17, 15) is 4.79 Å². The molecule has 1 amide bonds. The maximum absolute atomic E-state index is 12.6. The highest BCUT2D eigenvalue weighted by atomic mass is 35.5. The molecule has 0 aliphatic carbocycles. The highest BCUT2D eigenvalue weighted by molar-refractivity contribution is 6.32. The SMILES string of the molecule is Cc1nnc([C@@]23COC[C@@H]2CN(C(=O)/C=C/c2ccccc2Cl)C3)o1. The third-order valence-electron chi connectivity index (χ3n) is 4.95. The molecule has 6 nitrogen and oxygen atoms in total. The predicted octanol–water partition coefficient (Wildman–Crippen LogP) is 2.47. The molecule has 1 aromatic heterocycles. The van der Waals surface area contributed by atoms with Crippen LogP contribution < -0.4 is 0 Å². The monoisotopic (exact) mass is 359 g/mol. The number of likely N-dealkylation sites (tertiary alicyclic amines) is 1. The average Bonchev–Trinajstić information content (AvgIpc) is 3.27. The highest BCUT2D eigenvalue weighted by Crippen LogP contribution is 2.43. The van der Waals surface area contributed by atoms with Crippen LogP contribution in [0.15, 0.2) is 34.8 Å². The van der Waals surface area contributed by atoms with Gasteiger partial charge in [-0.3, -0.25) is 4.79 Å². The first kappa shape index (κ1) is 16.3. The molecular weight excluding hydrogens is 342 g/mol. The molecule has 2 atom stereocenters. The number of benzene rings is 1. The number of carbonyl (C=O) groups excluding carboxylic acids is 1. The first-order chi connectivity index (χ1) is 12.1. The van der Waals surface area contributed by atoms with E-state index in [1.807, 2.05) is 23.1 Å². The molecule has 130 valence electrons. The van der Waals surface area contributed by atoms with Gasteiger partial charge in [-0.1, -0.05) is 29.8 Å². The minimum Gasteiger partial charge on any atom is -0.425 e. The van der Waals surface area contributed by atoms with Crippen LogP contribution in [0.25, 0.3) is 6.08 Å². The van der Waals surface area contributed by atoms with Crippen LogP contribution >= 0.6 is 11.6 Å². The lowest BCUT2D eigenvalue weighted by Gasteiger charge is -2.22. The van der Waals surface area contributed by atoms with Gasteiger partial charge < -0.3 is 14.1 Å². The molecule has 2 saturated heterocycles. The fourth-order valence-electron chi connectivity index (χ4n) is 3.58. The Morgan fingerprint density at radius 1 is 1.40 bits per heavy atom. The Bertz CT molecular complexity index is 834. The number of ether oxygens (including phenoxy) is 1. The van der Waals surface area contributed by atoms with Crippen LogP contribution in [0.4, 0.5) is 0 Å². The van der Waals surface area contributed by atoms with E-state index in [0.717, 1.165) is 5.56 Å². The zero-order valence-electron chi connectivity index (χ0n) is 13.8. The van der Waals surface area contributed by atoms with Crippen LogP contribution in [0.1, 0.15) is 17.3 Å². The number of aromatic nitrogens is 2. The lowest BCUT2D eigenvalue weighted by molar-refractivity contribution is -0.125. The summed E-state index contributed by atoms with van der Waals surface area (Å²) in [6.45, 7) is 4.00. The van der Waals surface area contributed by atoms with Gasteiger partial charge in [0.15, 0.2) is 0 Å². The Labute approximate surface area is 150 Å². The molecule has 2 aliphatic rings. The lowest BCUT2D eigenvalue weighted by Crippen LogP contribution is -2.37. The quantitative estimate of drug-likeness (QED) is 0.787. The third-order valence-corrected chi connectivity index (χ3v) is 5.29. The number of rotatable bonds is 3. The van der Waals surface area contributed by atoms with Crippen molar-refractivity contribution in [2.45, 2.75) is 12.3 Å².